The molecule has 1 rings (SSSR count). The number of anilines is 1. The summed E-state index contributed by atoms with van der Waals surface area (Å²) in [5, 5.41) is 18.1. The van der Waals surface area contributed by atoms with Crippen molar-refractivity contribution in [3.05, 3.63) is 18.6 Å². The number of hydrogen-bond donors (Lipinski definition) is 2. The van der Waals surface area contributed by atoms with Crippen molar-refractivity contribution in [1.29, 1.82) is 5.41 Å². The molecule has 1 aromatic rings. The van der Waals surface area contributed by atoms with Crippen molar-refractivity contribution in [3.8, 4) is 0 Å². The average molecular weight is 194 g/mol. The molecule has 5 nitrogen and oxygen atoms in total. The van der Waals surface area contributed by atoms with Crippen LogP contribution in [0.1, 0.15) is 20.8 Å². The SMILES string of the molecule is CC(C)(C)C(=N)N(O)c1cnccn1. The predicted molar refractivity (Wildman–Crippen MR) is 53.5 cm³/mol. The van der Waals surface area contributed by atoms with Crippen LogP contribution in [0.3, 0.4) is 0 Å². The number of hydroxylamine groups is 1. The van der Waals surface area contributed by atoms with E-state index in [-0.39, 0.29) is 11.7 Å². The number of rotatable bonds is 1. The number of hydrogen-bond acceptors (Lipinski definition) is 4. The van der Waals surface area contributed by atoms with Crippen LogP contribution in [0.2, 0.25) is 0 Å². The lowest BCUT2D eigenvalue weighted by Gasteiger charge is -2.25. The normalized spacial score (nSPS) is 11.1. The minimum absolute atomic E-state index is 0.0815. The lowest BCUT2D eigenvalue weighted by molar-refractivity contribution is 0.293. The highest BCUT2D eigenvalue weighted by Gasteiger charge is 2.24. The fourth-order valence-electron chi connectivity index (χ4n) is 0.833. The molecule has 5 heteroatoms. The van der Waals surface area contributed by atoms with Gasteiger partial charge in [0.1, 0.15) is 5.84 Å². The van der Waals surface area contributed by atoms with Gasteiger partial charge in [0.15, 0.2) is 5.82 Å². The van der Waals surface area contributed by atoms with Gasteiger partial charge in [0, 0.05) is 17.8 Å². The van der Waals surface area contributed by atoms with Crippen molar-refractivity contribution in [1.82, 2.24) is 9.97 Å². The Kier molecular flexibility index (Phi) is 2.81. The Morgan fingerprint density at radius 1 is 1.43 bits per heavy atom. The summed E-state index contributed by atoms with van der Waals surface area (Å²) in [7, 11) is 0. The highest BCUT2D eigenvalue weighted by atomic mass is 16.5. The smallest absolute Gasteiger partial charge is 0.177 e. The third-order valence-corrected chi connectivity index (χ3v) is 1.69. The molecule has 0 saturated carbocycles. The zero-order chi connectivity index (χ0) is 10.8. The van der Waals surface area contributed by atoms with Crippen LogP contribution in [0.4, 0.5) is 5.82 Å². The average Bonchev–Trinajstić information content (AvgIpc) is 2.15. The largest absolute Gasteiger partial charge is 0.286 e. The minimum Gasteiger partial charge on any atom is -0.286 e. The summed E-state index contributed by atoms with van der Waals surface area (Å²) in [6.45, 7) is 5.53. The molecule has 1 heterocycles. The van der Waals surface area contributed by atoms with Gasteiger partial charge < -0.3 is 0 Å². The van der Waals surface area contributed by atoms with E-state index in [1.807, 2.05) is 20.8 Å². The molecule has 0 aromatic carbocycles. The van der Waals surface area contributed by atoms with Gasteiger partial charge in [-0.05, 0) is 0 Å². The van der Waals surface area contributed by atoms with Crippen molar-refractivity contribution in [2.24, 2.45) is 5.41 Å². The molecule has 14 heavy (non-hydrogen) atoms. The van der Waals surface area contributed by atoms with E-state index in [9.17, 15) is 5.21 Å². The first-order chi connectivity index (χ1) is 6.43. The Bertz CT molecular complexity index is 317. The van der Waals surface area contributed by atoms with Crippen LogP contribution in [-0.4, -0.2) is 21.0 Å². The number of nitrogens with one attached hydrogen (secondary N) is 1. The van der Waals surface area contributed by atoms with Gasteiger partial charge in [-0.3, -0.25) is 15.6 Å². The van der Waals surface area contributed by atoms with Crippen LogP contribution in [0.25, 0.3) is 0 Å². The van der Waals surface area contributed by atoms with Crippen LogP contribution in [0.5, 0.6) is 0 Å². The molecule has 0 radical (unpaired) electrons. The van der Waals surface area contributed by atoms with Crippen LogP contribution in [0, 0.1) is 10.8 Å². The maximum Gasteiger partial charge on any atom is 0.177 e. The van der Waals surface area contributed by atoms with E-state index in [4.69, 9.17) is 5.41 Å². The highest BCUT2D eigenvalue weighted by Crippen LogP contribution is 2.19. The van der Waals surface area contributed by atoms with Gasteiger partial charge >= 0.3 is 0 Å². The lowest BCUT2D eigenvalue weighted by atomic mass is 9.95. The van der Waals surface area contributed by atoms with E-state index < -0.39 is 5.41 Å². The summed E-state index contributed by atoms with van der Waals surface area (Å²) in [4.78, 5) is 7.70. The van der Waals surface area contributed by atoms with E-state index in [1.54, 1.807) is 0 Å². The Hall–Kier alpha value is -1.49. The van der Waals surface area contributed by atoms with Crippen molar-refractivity contribution < 1.29 is 5.21 Å². The van der Waals surface area contributed by atoms with Crippen molar-refractivity contribution in [3.63, 3.8) is 0 Å². The van der Waals surface area contributed by atoms with Crippen LogP contribution >= 0.6 is 0 Å². The highest BCUT2D eigenvalue weighted by molar-refractivity contribution is 5.96. The van der Waals surface area contributed by atoms with Crippen LogP contribution in [0.15, 0.2) is 18.6 Å². The van der Waals surface area contributed by atoms with Crippen molar-refractivity contribution in [2.45, 2.75) is 20.8 Å². The molecule has 0 atom stereocenters. The van der Waals surface area contributed by atoms with E-state index in [2.05, 4.69) is 9.97 Å². The second kappa shape index (κ2) is 3.71. The first-order valence-electron chi connectivity index (χ1n) is 4.27. The summed E-state index contributed by atoms with van der Waals surface area (Å²) < 4.78 is 0. The van der Waals surface area contributed by atoms with Crippen molar-refractivity contribution in [2.75, 3.05) is 5.06 Å². The summed E-state index contributed by atoms with van der Waals surface area (Å²) in [6, 6.07) is 0. The topological polar surface area (TPSA) is 73.1 Å². The Labute approximate surface area is 82.9 Å². The molecule has 0 spiro atoms. The monoisotopic (exact) mass is 194 g/mol. The van der Waals surface area contributed by atoms with Gasteiger partial charge in [0.05, 0.1) is 6.20 Å². The zero-order valence-corrected chi connectivity index (χ0v) is 8.52. The molecule has 0 aliphatic rings. The van der Waals surface area contributed by atoms with Gasteiger partial charge in [0.2, 0.25) is 0 Å². The maximum atomic E-state index is 9.63. The number of amidine groups is 1. The third-order valence-electron chi connectivity index (χ3n) is 1.69. The predicted octanol–water partition coefficient (Wildman–Crippen LogP) is 1.70. The molecular weight excluding hydrogens is 180 g/mol. The Morgan fingerprint density at radius 3 is 2.50 bits per heavy atom. The summed E-state index contributed by atoms with van der Waals surface area (Å²) in [5.74, 6) is 0.338. The molecule has 76 valence electrons. The summed E-state index contributed by atoms with van der Waals surface area (Å²) >= 11 is 0. The molecule has 0 saturated heterocycles. The van der Waals surface area contributed by atoms with Gasteiger partial charge in [0.25, 0.3) is 0 Å². The quantitative estimate of drug-likeness (QED) is 0.405. The van der Waals surface area contributed by atoms with Gasteiger partial charge in [-0.15, -0.1) is 0 Å². The van der Waals surface area contributed by atoms with E-state index in [1.165, 1.54) is 18.6 Å². The van der Waals surface area contributed by atoms with Crippen LogP contribution < -0.4 is 5.06 Å². The number of aromatic nitrogens is 2. The minimum atomic E-state index is -0.424. The second-order valence-electron chi connectivity index (χ2n) is 3.97. The zero-order valence-electron chi connectivity index (χ0n) is 8.52. The first-order valence-corrected chi connectivity index (χ1v) is 4.27. The lowest BCUT2D eigenvalue weighted by Crippen LogP contribution is -2.37. The van der Waals surface area contributed by atoms with E-state index in [0.29, 0.717) is 0 Å². The number of nitrogens with zero attached hydrogens (tertiary/aromatic N) is 3. The Balaban J connectivity index is 2.87. The first kappa shape index (κ1) is 10.6. The Morgan fingerprint density at radius 2 is 2.07 bits per heavy atom. The van der Waals surface area contributed by atoms with Gasteiger partial charge in [-0.25, -0.2) is 4.98 Å². The molecule has 0 fully saturated rings. The fraction of sp³-hybridized carbons (Fsp3) is 0.444. The molecule has 0 unspecified atom stereocenters. The molecule has 0 aliphatic heterocycles. The molecule has 0 amide bonds. The molecular formula is C9H14N4O. The standard InChI is InChI=1S/C9H14N4O/c1-9(2,3)8(10)13(14)7-6-11-4-5-12-7/h4-6,10,14H,1-3H3. The molecule has 0 bridgehead atoms. The molecule has 2 N–H and O–H groups in total. The van der Waals surface area contributed by atoms with Gasteiger partial charge in [-0.2, -0.15) is 5.06 Å². The summed E-state index contributed by atoms with van der Waals surface area (Å²) in [6.07, 6.45) is 4.38. The van der Waals surface area contributed by atoms with E-state index >= 15 is 0 Å². The summed E-state index contributed by atoms with van der Waals surface area (Å²) in [5.41, 5.74) is -0.424. The third kappa shape index (κ3) is 2.26. The fourth-order valence-corrected chi connectivity index (χ4v) is 0.833. The van der Waals surface area contributed by atoms with Crippen LogP contribution in [-0.2, 0) is 0 Å². The molecule has 1 aromatic heterocycles. The maximum absolute atomic E-state index is 9.63. The van der Waals surface area contributed by atoms with E-state index in [0.717, 1.165) is 5.06 Å². The second-order valence-corrected chi connectivity index (χ2v) is 3.97. The molecule has 0 aliphatic carbocycles. The van der Waals surface area contributed by atoms with Crippen molar-refractivity contribution >= 4 is 11.7 Å². The van der Waals surface area contributed by atoms with Gasteiger partial charge in [-0.1, -0.05) is 20.8 Å².